The lowest BCUT2D eigenvalue weighted by atomic mass is 10.1. The van der Waals surface area contributed by atoms with Crippen molar-refractivity contribution < 1.29 is 14.5 Å². The van der Waals surface area contributed by atoms with E-state index in [0.717, 1.165) is 0 Å². The minimum absolute atomic E-state index is 0.0453. The van der Waals surface area contributed by atoms with Crippen LogP contribution in [0, 0.1) is 13.7 Å². The first-order valence-electron chi connectivity index (χ1n) is 4.12. The van der Waals surface area contributed by atoms with Gasteiger partial charge in [-0.1, -0.05) is 0 Å². The van der Waals surface area contributed by atoms with Gasteiger partial charge < -0.3 is 4.74 Å². The van der Waals surface area contributed by atoms with E-state index in [1.807, 2.05) is 22.6 Å². The molecule has 0 radical (unpaired) electrons. The highest BCUT2D eigenvalue weighted by Gasteiger charge is 2.23. The number of hydrogen-bond acceptors (Lipinski definition) is 4. The molecule has 0 N–H and O–H groups in total. The molecule has 7 heteroatoms. The van der Waals surface area contributed by atoms with Crippen LogP contribution in [-0.2, 0) is 0 Å². The van der Waals surface area contributed by atoms with E-state index in [1.54, 1.807) is 0 Å². The topological polar surface area (TPSA) is 69.4 Å². The Morgan fingerprint density at radius 1 is 1.62 bits per heavy atom. The van der Waals surface area contributed by atoms with Crippen LogP contribution in [0.25, 0.3) is 0 Å². The first kappa shape index (κ1) is 13.2. The number of benzene rings is 1. The number of nitro benzene ring substituents is 1. The molecule has 0 aliphatic heterocycles. The molecular weight excluding hydrogens is 348 g/mol. The fourth-order valence-electron chi connectivity index (χ4n) is 1.21. The maximum Gasteiger partial charge on any atom is 0.312 e. The third kappa shape index (κ3) is 2.62. The molecular formula is C9H7ClINO4. The summed E-state index contributed by atoms with van der Waals surface area (Å²) in [6.07, 6.45) is 0. The van der Waals surface area contributed by atoms with Gasteiger partial charge in [0.25, 0.3) is 0 Å². The van der Waals surface area contributed by atoms with Crippen LogP contribution < -0.4 is 4.74 Å². The molecule has 0 unspecified atom stereocenters. The van der Waals surface area contributed by atoms with E-state index < -0.39 is 10.7 Å². The number of hydrogen-bond donors (Lipinski definition) is 0. The van der Waals surface area contributed by atoms with Crippen molar-refractivity contribution >= 4 is 45.7 Å². The summed E-state index contributed by atoms with van der Waals surface area (Å²) in [5.41, 5.74) is -0.0982. The van der Waals surface area contributed by atoms with E-state index in [1.165, 1.54) is 19.2 Å². The summed E-state index contributed by atoms with van der Waals surface area (Å²) in [6, 6.07) is 2.85. The van der Waals surface area contributed by atoms with Gasteiger partial charge in [-0.25, -0.2) is 0 Å². The number of methoxy groups -OCH3 is 1. The van der Waals surface area contributed by atoms with Crippen molar-refractivity contribution in [3.8, 4) is 5.75 Å². The Labute approximate surface area is 110 Å². The van der Waals surface area contributed by atoms with Gasteiger partial charge in [-0.2, -0.15) is 0 Å². The Morgan fingerprint density at radius 3 is 2.69 bits per heavy atom. The first-order chi connectivity index (χ1) is 7.51. The van der Waals surface area contributed by atoms with Gasteiger partial charge in [-0.05, 0) is 28.7 Å². The van der Waals surface area contributed by atoms with Crippen LogP contribution in [0.2, 0.25) is 0 Å². The van der Waals surface area contributed by atoms with Crippen LogP contribution in [0.5, 0.6) is 5.75 Å². The molecule has 1 aromatic rings. The molecule has 16 heavy (non-hydrogen) atoms. The fourth-order valence-corrected chi connectivity index (χ4v) is 1.96. The van der Waals surface area contributed by atoms with Crippen molar-refractivity contribution in [1.29, 1.82) is 0 Å². The molecule has 0 aromatic heterocycles. The average molecular weight is 356 g/mol. The molecule has 0 amide bonds. The molecule has 0 heterocycles. The standard InChI is InChI=1S/C9H7ClINO4/c1-16-9-6(8(13)4-10)2-5(11)3-7(9)12(14)15/h2-3H,4H2,1H3. The molecule has 0 fully saturated rings. The van der Waals surface area contributed by atoms with Crippen LogP contribution >= 0.6 is 34.2 Å². The fraction of sp³-hybridized carbons (Fsp3) is 0.222. The number of Topliss-reactive ketones (excluding diaryl/α,β-unsaturated/α-hetero) is 1. The summed E-state index contributed by atoms with van der Waals surface area (Å²) in [4.78, 5) is 21.7. The normalized spacial score (nSPS) is 9.94. The number of rotatable bonds is 4. The lowest BCUT2D eigenvalue weighted by Gasteiger charge is -2.07. The minimum Gasteiger partial charge on any atom is -0.490 e. The van der Waals surface area contributed by atoms with E-state index in [0.29, 0.717) is 3.57 Å². The van der Waals surface area contributed by atoms with E-state index >= 15 is 0 Å². The molecule has 0 aliphatic carbocycles. The number of halogens is 2. The zero-order valence-corrected chi connectivity index (χ0v) is 11.1. The smallest absolute Gasteiger partial charge is 0.312 e. The van der Waals surface area contributed by atoms with Crippen LogP contribution in [0.4, 0.5) is 5.69 Å². The monoisotopic (exact) mass is 355 g/mol. The van der Waals surface area contributed by atoms with Crippen molar-refractivity contribution in [1.82, 2.24) is 0 Å². The second-order valence-electron chi connectivity index (χ2n) is 2.82. The van der Waals surface area contributed by atoms with Crippen molar-refractivity contribution in [2.45, 2.75) is 0 Å². The summed E-state index contributed by atoms with van der Waals surface area (Å²) in [5, 5.41) is 10.8. The van der Waals surface area contributed by atoms with Gasteiger partial charge in [0.1, 0.15) is 0 Å². The van der Waals surface area contributed by atoms with Crippen LogP contribution in [-0.4, -0.2) is 23.7 Å². The van der Waals surface area contributed by atoms with Crippen molar-refractivity contribution in [3.05, 3.63) is 31.4 Å². The summed E-state index contributed by atoms with van der Waals surface area (Å²) in [7, 11) is 1.28. The second-order valence-corrected chi connectivity index (χ2v) is 4.33. The Morgan fingerprint density at radius 2 is 2.25 bits per heavy atom. The SMILES string of the molecule is COc1c(C(=O)CCl)cc(I)cc1[N+](=O)[O-]. The Hall–Kier alpha value is -0.890. The second kappa shape index (κ2) is 5.44. The first-order valence-corrected chi connectivity index (χ1v) is 5.73. The van der Waals surface area contributed by atoms with E-state index in [9.17, 15) is 14.9 Å². The van der Waals surface area contributed by atoms with Gasteiger partial charge in [0.15, 0.2) is 5.78 Å². The highest BCUT2D eigenvalue weighted by molar-refractivity contribution is 14.1. The lowest BCUT2D eigenvalue weighted by molar-refractivity contribution is -0.385. The molecule has 0 spiro atoms. The number of nitro groups is 1. The van der Waals surface area contributed by atoms with E-state index in [-0.39, 0.29) is 22.9 Å². The number of ketones is 1. The van der Waals surface area contributed by atoms with Gasteiger partial charge >= 0.3 is 5.69 Å². The summed E-state index contributed by atoms with van der Waals surface area (Å²) >= 11 is 7.31. The summed E-state index contributed by atoms with van der Waals surface area (Å²) in [6.45, 7) is 0. The molecule has 86 valence electrons. The van der Waals surface area contributed by atoms with Crippen LogP contribution in [0.3, 0.4) is 0 Å². The zero-order valence-electron chi connectivity index (χ0n) is 8.20. The molecule has 1 aromatic carbocycles. The lowest BCUT2D eigenvalue weighted by Crippen LogP contribution is -2.06. The molecule has 1 rings (SSSR count). The van der Waals surface area contributed by atoms with E-state index in [2.05, 4.69) is 0 Å². The van der Waals surface area contributed by atoms with Crippen molar-refractivity contribution in [2.24, 2.45) is 0 Å². The minimum atomic E-state index is -0.591. The highest BCUT2D eigenvalue weighted by Crippen LogP contribution is 2.33. The Balaban J connectivity index is 3.48. The maximum atomic E-state index is 11.5. The van der Waals surface area contributed by atoms with E-state index in [4.69, 9.17) is 16.3 Å². The van der Waals surface area contributed by atoms with Crippen LogP contribution in [0.15, 0.2) is 12.1 Å². The summed E-state index contributed by atoms with van der Waals surface area (Å²) in [5.74, 6) is -0.690. The molecule has 0 aliphatic rings. The van der Waals surface area contributed by atoms with Crippen molar-refractivity contribution in [2.75, 3.05) is 13.0 Å². The Bertz CT molecular complexity index is 449. The van der Waals surface area contributed by atoms with Crippen LogP contribution in [0.1, 0.15) is 10.4 Å². The Kier molecular flexibility index (Phi) is 4.48. The summed E-state index contributed by atoms with van der Waals surface area (Å²) < 4.78 is 5.47. The molecule has 0 saturated heterocycles. The quantitative estimate of drug-likeness (QED) is 0.274. The average Bonchev–Trinajstić information content (AvgIpc) is 2.26. The van der Waals surface area contributed by atoms with Gasteiger partial charge in [0.2, 0.25) is 5.75 Å². The predicted molar refractivity (Wildman–Crippen MR) is 67.4 cm³/mol. The third-order valence-electron chi connectivity index (χ3n) is 1.86. The molecule has 0 saturated carbocycles. The number of carbonyl (C=O) groups is 1. The number of nitrogens with zero attached hydrogens (tertiary/aromatic N) is 1. The number of alkyl halides is 1. The predicted octanol–water partition coefficient (Wildman–Crippen LogP) is 2.63. The van der Waals surface area contributed by atoms with Gasteiger partial charge in [-0.3, -0.25) is 14.9 Å². The maximum absolute atomic E-state index is 11.5. The molecule has 0 bridgehead atoms. The third-order valence-corrected chi connectivity index (χ3v) is 2.72. The van der Waals surface area contributed by atoms with Gasteiger partial charge in [-0.15, -0.1) is 11.6 Å². The molecule has 0 atom stereocenters. The largest absolute Gasteiger partial charge is 0.490 e. The van der Waals surface area contributed by atoms with Gasteiger partial charge in [0, 0.05) is 9.64 Å². The zero-order chi connectivity index (χ0) is 12.3. The highest BCUT2D eigenvalue weighted by atomic mass is 127. The number of ether oxygens (including phenoxy) is 1. The number of carbonyl (C=O) groups excluding carboxylic acids is 1. The molecule has 5 nitrogen and oxygen atoms in total. The van der Waals surface area contributed by atoms with Gasteiger partial charge in [0.05, 0.1) is 23.5 Å². The van der Waals surface area contributed by atoms with Crippen molar-refractivity contribution in [3.63, 3.8) is 0 Å².